The number of fused-ring (bicyclic) bond motifs is 7. The lowest BCUT2D eigenvalue weighted by Gasteiger charge is -2.80. The van der Waals surface area contributed by atoms with Crippen LogP contribution >= 0.6 is 0 Å². The molecule has 200 valence electrons. The summed E-state index contributed by atoms with van der Waals surface area (Å²) in [6.45, 7) is 22.4. The first-order valence-electron chi connectivity index (χ1n) is 14.8. The Labute approximate surface area is 215 Å². The summed E-state index contributed by atoms with van der Waals surface area (Å²) in [6, 6.07) is 0. The van der Waals surface area contributed by atoms with Gasteiger partial charge in [0.25, 0.3) is 0 Å². The van der Waals surface area contributed by atoms with Gasteiger partial charge >= 0.3 is 5.97 Å². The van der Waals surface area contributed by atoms with Gasteiger partial charge in [0.05, 0.1) is 11.5 Å². The van der Waals surface area contributed by atoms with Crippen LogP contribution in [0, 0.1) is 55.2 Å². The van der Waals surface area contributed by atoms with Gasteiger partial charge in [0.15, 0.2) is 0 Å². The van der Waals surface area contributed by atoms with Crippen LogP contribution in [-0.2, 0) is 4.79 Å². The van der Waals surface area contributed by atoms with Crippen molar-refractivity contribution in [2.24, 2.45) is 55.2 Å². The third-order valence-corrected chi connectivity index (χ3v) is 15.7. The molecule has 5 saturated carbocycles. The quantitative estimate of drug-likeness (QED) is 0.394. The minimum atomic E-state index is -0.510. The number of rotatable bonds is 1. The van der Waals surface area contributed by atoms with E-state index < -0.39 is 11.4 Å². The SMILES string of the molecule is CC1(C)CC[C@]2(C(=O)O)CC[C@]3(C)C(CC[C@]4(C)[C@@]5(C)CC[C@H](O)C(C)(C)[C@]5(C)CC[C@]43C)[C@@H]2C1. The minimum Gasteiger partial charge on any atom is -0.481 e. The lowest BCUT2D eigenvalue weighted by molar-refractivity contribution is -0.322. The van der Waals surface area contributed by atoms with Gasteiger partial charge in [-0.25, -0.2) is 0 Å². The molecule has 5 aliphatic carbocycles. The molecule has 3 heteroatoms. The molecule has 0 aliphatic heterocycles. The Balaban J connectivity index is 1.62. The van der Waals surface area contributed by atoms with Crippen LogP contribution in [0.1, 0.15) is 133 Å². The number of aliphatic carboxylic acids is 1. The van der Waals surface area contributed by atoms with Crippen molar-refractivity contribution in [2.75, 3.05) is 0 Å². The summed E-state index contributed by atoms with van der Waals surface area (Å²) < 4.78 is 0. The van der Waals surface area contributed by atoms with Crippen molar-refractivity contribution in [2.45, 2.75) is 139 Å². The molecule has 9 atom stereocenters. The van der Waals surface area contributed by atoms with E-state index in [4.69, 9.17) is 0 Å². The summed E-state index contributed by atoms with van der Waals surface area (Å²) in [5.41, 5.74) is 0.434. The van der Waals surface area contributed by atoms with Gasteiger partial charge in [-0.1, -0.05) is 62.3 Å². The van der Waals surface area contributed by atoms with Crippen molar-refractivity contribution in [3.05, 3.63) is 0 Å². The highest BCUT2D eigenvalue weighted by molar-refractivity contribution is 5.75. The van der Waals surface area contributed by atoms with E-state index in [-0.39, 0.29) is 44.0 Å². The van der Waals surface area contributed by atoms with Crippen LogP contribution in [0.5, 0.6) is 0 Å². The highest BCUT2D eigenvalue weighted by Gasteiger charge is 2.77. The Kier molecular flexibility index (Phi) is 5.28. The molecule has 0 amide bonds. The largest absolute Gasteiger partial charge is 0.481 e. The lowest BCUT2D eigenvalue weighted by Crippen LogP contribution is -2.74. The topological polar surface area (TPSA) is 57.5 Å². The normalized spacial score (nSPS) is 56.7. The Hall–Kier alpha value is -0.570. The number of carboxylic acids is 1. The first-order valence-corrected chi connectivity index (χ1v) is 14.8. The zero-order valence-electron chi connectivity index (χ0n) is 24.3. The second-order valence-corrected chi connectivity index (χ2v) is 16.6. The third kappa shape index (κ3) is 2.71. The van der Waals surface area contributed by atoms with E-state index in [1.54, 1.807) is 0 Å². The van der Waals surface area contributed by atoms with Crippen LogP contribution in [-0.4, -0.2) is 22.3 Å². The van der Waals surface area contributed by atoms with Crippen molar-refractivity contribution in [3.8, 4) is 0 Å². The van der Waals surface area contributed by atoms with Gasteiger partial charge in [-0.2, -0.15) is 0 Å². The Bertz CT molecular complexity index is 922. The zero-order valence-corrected chi connectivity index (χ0v) is 24.3. The Morgan fingerprint density at radius 3 is 1.80 bits per heavy atom. The molecule has 0 aromatic carbocycles. The van der Waals surface area contributed by atoms with Gasteiger partial charge in [-0.3, -0.25) is 4.79 Å². The van der Waals surface area contributed by atoms with E-state index >= 15 is 0 Å². The monoisotopic (exact) mass is 486 g/mol. The minimum absolute atomic E-state index is 0.0967. The smallest absolute Gasteiger partial charge is 0.309 e. The fraction of sp³-hybridized carbons (Fsp3) is 0.969. The molecule has 0 radical (unpaired) electrons. The fourth-order valence-electron chi connectivity index (χ4n) is 12.1. The molecule has 5 rings (SSSR count). The average molecular weight is 487 g/mol. The second-order valence-electron chi connectivity index (χ2n) is 16.6. The number of carboxylic acid groups (broad SMARTS) is 1. The van der Waals surface area contributed by atoms with Crippen LogP contribution in [0.15, 0.2) is 0 Å². The molecule has 2 N–H and O–H groups in total. The molecule has 5 fully saturated rings. The van der Waals surface area contributed by atoms with Gasteiger partial charge in [0, 0.05) is 0 Å². The van der Waals surface area contributed by atoms with E-state index in [9.17, 15) is 15.0 Å². The summed E-state index contributed by atoms with van der Waals surface area (Å²) >= 11 is 0. The molecular weight excluding hydrogens is 432 g/mol. The summed E-state index contributed by atoms with van der Waals surface area (Å²) in [5, 5.41) is 21.7. The highest BCUT2D eigenvalue weighted by atomic mass is 16.4. The molecule has 0 spiro atoms. The van der Waals surface area contributed by atoms with Crippen molar-refractivity contribution >= 4 is 5.97 Å². The second kappa shape index (κ2) is 7.09. The number of aliphatic hydroxyl groups excluding tert-OH is 1. The molecule has 0 heterocycles. The van der Waals surface area contributed by atoms with Crippen LogP contribution in [0.4, 0.5) is 0 Å². The van der Waals surface area contributed by atoms with Gasteiger partial charge in [-0.05, 0) is 120 Å². The van der Waals surface area contributed by atoms with Crippen molar-refractivity contribution in [3.63, 3.8) is 0 Å². The van der Waals surface area contributed by atoms with Gasteiger partial charge < -0.3 is 10.2 Å². The van der Waals surface area contributed by atoms with Gasteiger partial charge in [-0.15, -0.1) is 0 Å². The average Bonchev–Trinajstić information content (AvgIpc) is 2.76. The molecule has 0 aromatic rings. The van der Waals surface area contributed by atoms with E-state index in [0.717, 1.165) is 44.9 Å². The summed E-state index contributed by atoms with van der Waals surface area (Å²) in [5.74, 6) is 0.291. The maximum absolute atomic E-state index is 12.9. The summed E-state index contributed by atoms with van der Waals surface area (Å²) in [4.78, 5) is 12.9. The van der Waals surface area contributed by atoms with Crippen LogP contribution in [0.25, 0.3) is 0 Å². The number of aliphatic hydroxyl groups is 1. The van der Waals surface area contributed by atoms with Crippen molar-refractivity contribution < 1.29 is 15.0 Å². The Morgan fingerprint density at radius 2 is 1.17 bits per heavy atom. The summed E-state index contributed by atoms with van der Waals surface area (Å²) in [7, 11) is 0. The molecular formula is C32H54O3. The van der Waals surface area contributed by atoms with E-state index in [0.29, 0.717) is 11.8 Å². The van der Waals surface area contributed by atoms with E-state index in [1.807, 2.05) is 0 Å². The number of hydrogen-bond acceptors (Lipinski definition) is 2. The maximum Gasteiger partial charge on any atom is 0.309 e. The van der Waals surface area contributed by atoms with Crippen molar-refractivity contribution in [1.29, 1.82) is 0 Å². The van der Waals surface area contributed by atoms with E-state index in [1.165, 1.54) is 25.7 Å². The maximum atomic E-state index is 12.9. The van der Waals surface area contributed by atoms with Gasteiger partial charge in [0.2, 0.25) is 0 Å². The molecule has 0 bridgehead atoms. The van der Waals surface area contributed by atoms with Crippen LogP contribution in [0.3, 0.4) is 0 Å². The molecule has 5 aliphatic rings. The van der Waals surface area contributed by atoms with Gasteiger partial charge in [0.1, 0.15) is 0 Å². The first kappa shape index (κ1) is 26.1. The lowest BCUT2D eigenvalue weighted by atomic mass is 9.24. The first-order chi connectivity index (χ1) is 15.9. The fourth-order valence-corrected chi connectivity index (χ4v) is 12.1. The molecule has 0 aromatic heterocycles. The summed E-state index contributed by atoms with van der Waals surface area (Å²) in [6.07, 6.45) is 11.4. The van der Waals surface area contributed by atoms with Crippen molar-refractivity contribution in [1.82, 2.24) is 0 Å². The van der Waals surface area contributed by atoms with Crippen LogP contribution < -0.4 is 0 Å². The van der Waals surface area contributed by atoms with Crippen LogP contribution in [0.2, 0.25) is 0 Å². The third-order valence-electron chi connectivity index (χ3n) is 15.7. The molecule has 3 nitrogen and oxygen atoms in total. The standard InChI is InChI=1S/C32H54O3/c1-25(2)14-18-32(24(34)35)19-15-27(5)21(22(32)20-25)10-12-31(9)29(27,7)17-16-28(6)26(3,4)23(33)11-13-30(28,31)8/h21-23,33H,10-20H2,1-9H3,(H,34,35)/t21?,22-,23-,27+,28-,29-,30-,31-,32-/m0/s1. The number of carbonyl (C=O) groups is 1. The molecule has 0 saturated heterocycles. The molecule has 35 heavy (non-hydrogen) atoms. The zero-order chi connectivity index (χ0) is 26.1. The predicted octanol–water partition coefficient (Wildman–Crippen LogP) is 8.09. The Morgan fingerprint density at radius 1 is 0.629 bits per heavy atom. The van der Waals surface area contributed by atoms with E-state index in [2.05, 4.69) is 62.3 Å². The number of hydrogen-bond donors (Lipinski definition) is 2. The highest BCUT2D eigenvalue weighted by Crippen LogP contribution is 2.83. The molecule has 1 unspecified atom stereocenters. The predicted molar refractivity (Wildman–Crippen MR) is 142 cm³/mol.